The van der Waals surface area contributed by atoms with Crippen molar-refractivity contribution in [3.05, 3.63) is 30.3 Å². The SMILES string of the molecule is Nc1ccc(S(=O)(=O)[O-])c2cc(S(=O)(=O)[O-])ccc12.[Li+].[Li+]. The number of nitrogen functional groups attached to an aromatic ring is 1. The van der Waals surface area contributed by atoms with Gasteiger partial charge in [-0.05, 0) is 24.3 Å². The average Bonchev–Trinajstić information content (AvgIpc) is 2.26. The number of hydrogen-bond acceptors (Lipinski definition) is 7. The van der Waals surface area contributed by atoms with E-state index in [9.17, 15) is 25.9 Å². The van der Waals surface area contributed by atoms with E-state index in [-0.39, 0.29) is 54.2 Å². The minimum atomic E-state index is -4.81. The molecule has 21 heavy (non-hydrogen) atoms. The fourth-order valence-corrected chi connectivity index (χ4v) is 2.87. The monoisotopic (exact) mass is 315 g/mol. The molecule has 0 saturated carbocycles. The summed E-state index contributed by atoms with van der Waals surface area (Å²) >= 11 is 0. The summed E-state index contributed by atoms with van der Waals surface area (Å²) in [7, 11) is -9.57. The normalized spacial score (nSPS) is 11.5. The fraction of sp³-hybridized carbons (Fsp3) is 0. The maximum absolute atomic E-state index is 11.1. The van der Waals surface area contributed by atoms with Gasteiger partial charge in [0.15, 0.2) is 0 Å². The van der Waals surface area contributed by atoms with Gasteiger partial charge in [-0.15, -0.1) is 0 Å². The van der Waals surface area contributed by atoms with Crippen molar-refractivity contribution in [1.29, 1.82) is 0 Å². The molecule has 0 aromatic heterocycles. The molecule has 0 amide bonds. The molecule has 7 nitrogen and oxygen atoms in total. The van der Waals surface area contributed by atoms with Crippen molar-refractivity contribution in [2.24, 2.45) is 0 Å². The van der Waals surface area contributed by atoms with Gasteiger partial charge in [-0.25, -0.2) is 16.8 Å². The van der Waals surface area contributed by atoms with Crippen molar-refractivity contribution in [3.8, 4) is 0 Å². The van der Waals surface area contributed by atoms with Crippen molar-refractivity contribution in [3.63, 3.8) is 0 Å². The molecule has 0 aliphatic heterocycles. The summed E-state index contributed by atoms with van der Waals surface area (Å²) in [5, 5.41) is -0.00347. The second kappa shape index (κ2) is 6.74. The van der Waals surface area contributed by atoms with Crippen LogP contribution in [0.3, 0.4) is 0 Å². The molecule has 102 valence electrons. The summed E-state index contributed by atoms with van der Waals surface area (Å²) in [5.74, 6) is 0. The third-order valence-electron chi connectivity index (χ3n) is 2.54. The van der Waals surface area contributed by atoms with Crippen molar-refractivity contribution in [2.45, 2.75) is 9.79 Å². The van der Waals surface area contributed by atoms with E-state index in [0.29, 0.717) is 0 Å². The van der Waals surface area contributed by atoms with Crippen molar-refractivity contribution in [2.75, 3.05) is 5.73 Å². The van der Waals surface area contributed by atoms with Crippen molar-refractivity contribution >= 4 is 36.7 Å². The van der Waals surface area contributed by atoms with Crippen molar-refractivity contribution in [1.82, 2.24) is 0 Å². The Labute approximate surface area is 145 Å². The summed E-state index contributed by atoms with van der Waals surface area (Å²) < 4.78 is 66.0. The van der Waals surface area contributed by atoms with Crippen LogP contribution in [0.25, 0.3) is 10.8 Å². The first-order valence-electron chi connectivity index (χ1n) is 4.85. The van der Waals surface area contributed by atoms with Crippen LogP contribution in [-0.4, -0.2) is 25.9 Å². The smallest absolute Gasteiger partial charge is 0.744 e. The van der Waals surface area contributed by atoms with E-state index in [4.69, 9.17) is 5.73 Å². The van der Waals surface area contributed by atoms with Crippen LogP contribution < -0.4 is 43.5 Å². The van der Waals surface area contributed by atoms with Gasteiger partial charge >= 0.3 is 37.7 Å². The molecule has 2 rings (SSSR count). The van der Waals surface area contributed by atoms with Gasteiger partial charge in [0.1, 0.15) is 20.2 Å². The van der Waals surface area contributed by atoms with Crippen LogP contribution in [0, 0.1) is 0 Å². The van der Waals surface area contributed by atoms with Crippen LogP contribution in [0.1, 0.15) is 0 Å². The van der Waals surface area contributed by atoms with E-state index < -0.39 is 30.0 Å². The van der Waals surface area contributed by atoms with Gasteiger partial charge in [0, 0.05) is 16.5 Å². The first-order chi connectivity index (χ1) is 8.60. The van der Waals surface area contributed by atoms with E-state index in [2.05, 4.69) is 0 Å². The van der Waals surface area contributed by atoms with E-state index in [0.717, 1.165) is 18.2 Å². The molecule has 0 saturated heterocycles. The van der Waals surface area contributed by atoms with Crippen LogP contribution in [0.5, 0.6) is 0 Å². The molecule has 0 aliphatic carbocycles. The number of nitrogens with two attached hydrogens (primary N) is 1. The third kappa shape index (κ3) is 4.25. The molecule has 0 radical (unpaired) electrons. The van der Waals surface area contributed by atoms with Gasteiger partial charge in [-0.2, -0.15) is 0 Å². The summed E-state index contributed by atoms with van der Waals surface area (Å²) in [5.41, 5.74) is 5.77. The Kier molecular flexibility index (Phi) is 6.58. The van der Waals surface area contributed by atoms with Crippen LogP contribution in [0.4, 0.5) is 5.69 Å². The predicted octanol–water partition coefficient (Wildman–Crippen LogP) is -5.76. The number of benzene rings is 2. The third-order valence-corrected chi connectivity index (χ3v) is 4.27. The van der Waals surface area contributed by atoms with Crippen LogP contribution >= 0.6 is 0 Å². The van der Waals surface area contributed by atoms with E-state index in [1.807, 2.05) is 0 Å². The van der Waals surface area contributed by atoms with Crippen LogP contribution in [0.15, 0.2) is 40.1 Å². The standard InChI is InChI=1S/C10H9NO6S2.2Li/c11-9-3-4-10(19(15,16)17)8-5-6(18(12,13)14)1-2-7(8)9;;/h1-5H,11H2,(H,12,13,14)(H,15,16,17);;/q;2*+1/p-2. The molecule has 0 aliphatic rings. The minimum absolute atomic E-state index is 0. The average molecular weight is 315 g/mol. The zero-order valence-electron chi connectivity index (χ0n) is 11.2. The quantitative estimate of drug-likeness (QED) is 0.331. The fourth-order valence-electron chi connectivity index (χ4n) is 1.70. The molecular formula is C10H7Li2NO6S2. The van der Waals surface area contributed by atoms with E-state index >= 15 is 0 Å². The molecular weight excluding hydrogens is 308 g/mol. The maximum Gasteiger partial charge on any atom is 1.00 e. The molecule has 0 unspecified atom stereocenters. The van der Waals surface area contributed by atoms with Crippen LogP contribution in [0.2, 0.25) is 0 Å². The molecule has 0 atom stereocenters. The number of fused-ring (bicyclic) bond motifs is 1. The molecule has 0 heterocycles. The van der Waals surface area contributed by atoms with Gasteiger partial charge in [0.05, 0.1) is 9.79 Å². The molecule has 0 bridgehead atoms. The second-order valence-electron chi connectivity index (χ2n) is 3.77. The predicted molar refractivity (Wildman–Crippen MR) is 64.3 cm³/mol. The number of rotatable bonds is 2. The zero-order chi connectivity index (χ0) is 14.4. The summed E-state index contributed by atoms with van der Waals surface area (Å²) in [4.78, 5) is -1.25. The Morgan fingerprint density at radius 2 is 1.38 bits per heavy atom. The largest absolute Gasteiger partial charge is 1.00 e. The zero-order valence-corrected chi connectivity index (χ0v) is 12.9. The molecule has 2 N–H and O–H groups in total. The van der Waals surface area contributed by atoms with Gasteiger partial charge in [0.25, 0.3) is 0 Å². The van der Waals surface area contributed by atoms with E-state index in [1.165, 1.54) is 12.1 Å². The Balaban J connectivity index is 0.00000200. The molecule has 11 heteroatoms. The number of anilines is 1. The number of hydrogen-bond donors (Lipinski definition) is 1. The van der Waals surface area contributed by atoms with Gasteiger partial charge in [0.2, 0.25) is 0 Å². The Hall–Kier alpha value is -0.485. The molecule has 2 aromatic rings. The first kappa shape index (κ1) is 20.5. The second-order valence-corrected chi connectivity index (χ2v) is 6.50. The minimum Gasteiger partial charge on any atom is -0.744 e. The topological polar surface area (TPSA) is 140 Å². The summed E-state index contributed by atoms with van der Waals surface area (Å²) in [6.07, 6.45) is 0. The molecule has 0 spiro atoms. The van der Waals surface area contributed by atoms with Gasteiger partial charge in [-0.1, -0.05) is 6.07 Å². The summed E-state index contributed by atoms with van der Waals surface area (Å²) in [6.45, 7) is 0. The van der Waals surface area contributed by atoms with Gasteiger partial charge < -0.3 is 14.8 Å². The Morgan fingerprint density at radius 3 is 1.86 bits per heavy atom. The van der Waals surface area contributed by atoms with E-state index in [1.54, 1.807) is 0 Å². The maximum atomic E-state index is 11.1. The van der Waals surface area contributed by atoms with Gasteiger partial charge in [-0.3, -0.25) is 0 Å². The molecule has 0 fully saturated rings. The van der Waals surface area contributed by atoms with Crippen LogP contribution in [-0.2, 0) is 20.2 Å². The summed E-state index contributed by atoms with van der Waals surface area (Å²) in [6, 6.07) is 5.21. The van der Waals surface area contributed by atoms with Crippen molar-refractivity contribution < 1.29 is 63.7 Å². The Morgan fingerprint density at radius 1 is 0.810 bits per heavy atom. The molecule has 2 aromatic carbocycles. The first-order valence-corrected chi connectivity index (χ1v) is 7.66. The Bertz CT molecular complexity index is 880.